The predicted octanol–water partition coefficient (Wildman–Crippen LogP) is 3.29. The molecule has 0 saturated heterocycles. The molecule has 2 rings (SSSR count). The summed E-state index contributed by atoms with van der Waals surface area (Å²) in [6.45, 7) is 1.43. The average Bonchev–Trinajstić information content (AvgIpc) is 2.90. The Morgan fingerprint density at radius 3 is 2.56 bits per heavy atom. The molecule has 0 amide bonds. The van der Waals surface area contributed by atoms with Crippen LogP contribution in [0.5, 0.6) is 0 Å². The van der Waals surface area contributed by atoms with Gasteiger partial charge in [-0.15, -0.1) is 0 Å². The van der Waals surface area contributed by atoms with Gasteiger partial charge in [0.15, 0.2) is 0 Å². The fourth-order valence-corrected chi connectivity index (χ4v) is 3.47. The molecule has 5 heteroatoms. The second-order valence-electron chi connectivity index (χ2n) is 6.29. The molecule has 5 nitrogen and oxygen atoms in total. The van der Waals surface area contributed by atoms with E-state index in [1.807, 2.05) is 36.4 Å². The lowest BCUT2D eigenvalue weighted by molar-refractivity contribution is -0.149. The summed E-state index contributed by atoms with van der Waals surface area (Å²) in [6, 6.07) is 7.82. The van der Waals surface area contributed by atoms with E-state index in [-0.39, 0.29) is 36.5 Å². The number of unbranched alkanes of at least 4 members (excludes halogenated alkanes) is 1. The number of rotatable bonds is 8. The molecule has 0 heterocycles. The molecule has 1 aliphatic rings. The van der Waals surface area contributed by atoms with Gasteiger partial charge in [0.1, 0.15) is 6.10 Å². The van der Waals surface area contributed by atoms with Gasteiger partial charge >= 0.3 is 11.9 Å². The van der Waals surface area contributed by atoms with Crippen LogP contribution in [0.4, 0.5) is 0 Å². The van der Waals surface area contributed by atoms with E-state index in [2.05, 4.69) is 4.74 Å². The Kier molecular flexibility index (Phi) is 7.19. The molecule has 1 aromatic carbocycles. The van der Waals surface area contributed by atoms with Gasteiger partial charge in [-0.05, 0) is 30.4 Å². The number of hydrogen-bond donors (Lipinski definition) is 1. The Balaban J connectivity index is 2.01. The van der Waals surface area contributed by atoms with Crippen molar-refractivity contribution < 1.29 is 24.2 Å². The smallest absolute Gasteiger partial charge is 0.305 e. The van der Waals surface area contributed by atoms with E-state index in [9.17, 15) is 14.7 Å². The van der Waals surface area contributed by atoms with E-state index in [1.54, 1.807) is 0 Å². The molecular weight excluding hydrogens is 320 g/mol. The minimum Gasteiger partial charge on any atom is -0.469 e. The third-order valence-corrected chi connectivity index (χ3v) is 4.65. The van der Waals surface area contributed by atoms with Crippen LogP contribution in [0.1, 0.15) is 55.8 Å². The van der Waals surface area contributed by atoms with E-state index < -0.39 is 0 Å². The monoisotopic (exact) mass is 346 g/mol. The number of carbonyl (C=O) groups is 2. The van der Waals surface area contributed by atoms with E-state index in [1.165, 1.54) is 14.0 Å². The zero-order valence-electron chi connectivity index (χ0n) is 14.8. The number of aliphatic hydroxyl groups excluding tert-OH is 1. The van der Waals surface area contributed by atoms with E-state index in [0.29, 0.717) is 12.8 Å². The van der Waals surface area contributed by atoms with Gasteiger partial charge in [-0.1, -0.05) is 36.4 Å². The topological polar surface area (TPSA) is 72.8 Å². The van der Waals surface area contributed by atoms with Crippen molar-refractivity contribution in [1.82, 2.24) is 0 Å². The van der Waals surface area contributed by atoms with Crippen molar-refractivity contribution in [1.29, 1.82) is 0 Å². The summed E-state index contributed by atoms with van der Waals surface area (Å²) in [7, 11) is 1.39. The van der Waals surface area contributed by atoms with Crippen molar-refractivity contribution in [3.63, 3.8) is 0 Å². The van der Waals surface area contributed by atoms with Crippen molar-refractivity contribution >= 4 is 11.9 Å². The summed E-state index contributed by atoms with van der Waals surface area (Å²) >= 11 is 0. The van der Waals surface area contributed by atoms with Crippen molar-refractivity contribution in [3.05, 3.63) is 47.5 Å². The maximum atomic E-state index is 11.5. The van der Waals surface area contributed by atoms with Crippen LogP contribution in [0.25, 0.3) is 0 Å². The Morgan fingerprint density at radius 1 is 1.20 bits per heavy atom. The first kappa shape index (κ1) is 19.2. The van der Waals surface area contributed by atoms with E-state index in [4.69, 9.17) is 4.74 Å². The molecule has 3 atom stereocenters. The molecule has 0 radical (unpaired) electrons. The molecule has 0 saturated carbocycles. The molecular formula is C20H26O5. The number of allylic oxidation sites excluding steroid dienone is 2. The van der Waals surface area contributed by atoms with Gasteiger partial charge in [0, 0.05) is 25.2 Å². The summed E-state index contributed by atoms with van der Waals surface area (Å²) < 4.78 is 10.2. The molecule has 0 aliphatic heterocycles. The molecule has 25 heavy (non-hydrogen) atoms. The fraction of sp³-hybridized carbons (Fsp3) is 0.500. The van der Waals surface area contributed by atoms with Crippen LogP contribution in [-0.2, 0) is 19.1 Å². The molecule has 3 unspecified atom stereocenters. The lowest BCUT2D eigenvalue weighted by Crippen LogP contribution is -2.18. The molecule has 136 valence electrons. The number of hydrogen-bond acceptors (Lipinski definition) is 5. The number of esters is 2. The predicted molar refractivity (Wildman–Crippen MR) is 93.9 cm³/mol. The molecule has 1 N–H and O–H groups in total. The third kappa shape index (κ3) is 4.92. The Morgan fingerprint density at radius 2 is 1.92 bits per heavy atom. The van der Waals surface area contributed by atoms with Gasteiger partial charge in [-0.3, -0.25) is 9.59 Å². The highest BCUT2D eigenvalue weighted by Gasteiger charge is 2.41. The number of benzene rings is 1. The van der Waals surface area contributed by atoms with Crippen molar-refractivity contribution in [2.45, 2.75) is 44.6 Å². The second-order valence-corrected chi connectivity index (χ2v) is 6.29. The Bertz CT molecular complexity index is 622. The van der Waals surface area contributed by atoms with Crippen LogP contribution >= 0.6 is 0 Å². The SMILES string of the molecule is COC(=O)CCC/C=C\CC1C(CO)c2ccccc2C1OC(C)=O. The van der Waals surface area contributed by atoms with Crippen LogP contribution in [-0.4, -0.2) is 30.8 Å². The van der Waals surface area contributed by atoms with Crippen molar-refractivity contribution in [2.75, 3.05) is 13.7 Å². The van der Waals surface area contributed by atoms with E-state index in [0.717, 1.165) is 24.0 Å². The summed E-state index contributed by atoms with van der Waals surface area (Å²) in [6.07, 6.45) is 6.39. The first-order valence-electron chi connectivity index (χ1n) is 8.67. The standard InChI is InChI=1S/C20H26O5/c1-14(22)25-20-16-11-8-7-9-15(16)18(13-21)17(20)10-5-3-4-6-12-19(23)24-2/h3,5,7-9,11,17-18,20-21H,4,6,10,12-13H2,1-2H3/b5-3-. The Labute approximate surface area is 148 Å². The number of aliphatic hydroxyl groups is 1. The van der Waals surface area contributed by atoms with Crippen LogP contribution < -0.4 is 0 Å². The number of carbonyl (C=O) groups excluding carboxylic acids is 2. The summed E-state index contributed by atoms with van der Waals surface area (Å²) in [5.74, 6) is -0.538. The van der Waals surface area contributed by atoms with Crippen LogP contribution in [0.15, 0.2) is 36.4 Å². The maximum absolute atomic E-state index is 11.5. The molecule has 1 aromatic rings. The minimum atomic E-state index is -0.328. The van der Waals surface area contributed by atoms with Gasteiger partial charge in [-0.25, -0.2) is 0 Å². The highest BCUT2D eigenvalue weighted by atomic mass is 16.5. The fourth-order valence-electron chi connectivity index (χ4n) is 3.47. The summed E-state index contributed by atoms with van der Waals surface area (Å²) in [5, 5.41) is 9.85. The molecule has 1 aliphatic carbocycles. The van der Waals surface area contributed by atoms with Crippen molar-refractivity contribution in [2.24, 2.45) is 5.92 Å². The zero-order chi connectivity index (χ0) is 18.2. The number of ether oxygens (including phenoxy) is 2. The normalized spacial score (nSPS) is 22.0. The highest BCUT2D eigenvalue weighted by molar-refractivity contribution is 5.69. The first-order valence-corrected chi connectivity index (χ1v) is 8.67. The highest BCUT2D eigenvalue weighted by Crippen LogP contribution is 2.48. The van der Waals surface area contributed by atoms with Crippen LogP contribution in [0, 0.1) is 5.92 Å². The molecule has 0 spiro atoms. The molecule has 0 bridgehead atoms. The van der Waals surface area contributed by atoms with Gasteiger partial charge < -0.3 is 14.6 Å². The first-order chi connectivity index (χ1) is 12.1. The third-order valence-electron chi connectivity index (χ3n) is 4.65. The average molecular weight is 346 g/mol. The summed E-state index contributed by atoms with van der Waals surface area (Å²) in [4.78, 5) is 22.6. The van der Waals surface area contributed by atoms with Gasteiger partial charge in [0.05, 0.1) is 13.7 Å². The zero-order valence-corrected chi connectivity index (χ0v) is 14.8. The van der Waals surface area contributed by atoms with Gasteiger partial charge in [0.25, 0.3) is 0 Å². The Hall–Kier alpha value is -2.14. The van der Waals surface area contributed by atoms with Gasteiger partial charge in [0.2, 0.25) is 0 Å². The number of fused-ring (bicyclic) bond motifs is 1. The summed E-state index contributed by atoms with van der Waals surface area (Å²) in [5.41, 5.74) is 2.04. The lowest BCUT2D eigenvalue weighted by atomic mass is 9.89. The second kappa shape index (κ2) is 9.37. The van der Waals surface area contributed by atoms with Crippen molar-refractivity contribution in [3.8, 4) is 0 Å². The molecule has 0 aromatic heterocycles. The van der Waals surface area contributed by atoms with E-state index >= 15 is 0 Å². The minimum absolute atomic E-state index is 0.0168. The van der Waals surface area contributed by atoms with Crippen LogP contribution in [0.2, 0.25) is 0 Å². The van der Waals surface area contributed by atoms with Gasteiger partial charge in [-0.2, -0.15) is 0 Å². The molecule has 0 fully saturated rings. The quantitative estimate of drug-likeness (QED) is 0.444. The van der Waals surface area contributed by atoms with Crippen LogP contribution in [0.3, 0.4) is 0 Å². The number of methoxy groups -OCH3 is 1. The lowest BCUT2D eigenvalue weighted by Gasteiger charge is -2.23. The largest absolute Gasteiger partial charge is 0.469 e. The maximum Gasteiger partial charge on any atom is 0.305 e.